The average Bonchev–Trinajstić information content (AvgIpc) is 3.28. The van der Waals surface area contributed by atoms with Crippen molar-refractivity contribution in [1.29, 1.82) is 0 Å². The van der Waals surface area contributed by atoms with Crippen LogP contribution in [0.2, 0.25) is 0 Å². The van der Waals surface area contributed by atoms with Crippen LogP contribution >= 0.6 is 0 Å². The number of carbonyl (C=O) groups is 1. The van der Waals surface area contributed by atoms with Gasteiger partial charge >= 0.3 is 0 Å². The zero-order chi connectivity index (χ0) is 20.0. The number of carbonyl (C=O) groups excluding carboxylic acids is 1. The molecule has 5 aliphatic rings. The highest BCUT2D eigenvalue weighted by molar-refractivity contribution is 5.86. The van der Waals surface area contributed by atoms with Crippen molar-refractivity contribution >= 4 is 16.9 Å². The van der Waals surface area contributed by atoms with Crippen LogP contribution in [-0.2, 0) is 10.2 Å². The Morgan fingerprint density at radius 1 is 1.31 bits per heavy atom. The summed E-state index contributed by atoms with van der Waals surface area (Å²) in [5, 5.41) is 0.488. The molecular formula is C23H28FN3O2. The second kappa shape index (κ2) is 5.73. The average molecular weight is 397 g/mol. The number of hydrogen-bond donors (Lipinski definition) is 1. The maximum Gasteiger partial charge on any atom is 0.223 e. The number of aromatic amines is 1. The Hall–Kier alpha value is -2.11. The Labute approximate surface area is 170 Å². The number of fused-ring (bicyclic) bond motifs is 1. The number of aromatic nitrogens is 2. The highest BCUT2D eigenvalue weighted by Crippen LogP contribution is 2.58. The predicted molar refractivity (Wildman–Crippen MR) is 107 cm³/mol. The predicted octanol–water partition coefficient (Wildman–Crippen LogP) is 4.31. The molecule has 2 saturated heterocycles. The first-order chi connectivity index (χ1) is 13.9. The molecule has 2 unspecified atom stereocenters. The van der Waals surface area contributed by atoms with Gasteiger partial charge in [0.15, 0.2) is 11.6 Å². The molecule has 2 aromatic rings. The fourth-order valence-corrected chi connectivity index (χ4v) is 7.09. The van der Waals surface area contributed by atoms with Crippen molar-refractivity contribution in [2.75, 3.05) is 7.11 Å². The Kier molecular flexibility index (Phi) is 3.50. The maximum atomic E-state index is 15.0. The van der Waals surface area contributed by atoms with E-state index in [1.165, 1.54) is 32.6 Å². The summed E-state index contributed by atoms with van der Waals surface area (Å²) in [6, 6.07) is 0.826. The van der Waals surface area contributed by atoms with Crippen LogP contribution in [0.3, 0.4) is 0 Å². The van der Waals surface area contributed by atoms with E-state index in [0.29, 0.717) is 35.0 Å². The summed E-state index contributed by atoms with van der Waals surface area (Å²) < 4.78 is 20.1. The minimum Gasteiger partial charge on any atom is -0.492 e. The molecular weight excluding hydrogens is 369 g/mol. The molecule has 0 radical (unpaired) electrons. The number of hydrogen-bond acceptors (Lipinski definition) is 3. The molecule has 2 atom stereocenters. The summed E-state index contributed by atoms with van der Waals surface area (Å²) in [5.74, 6) is 0.844. The van der Waals surface area contributed by atoms with Gasteiger partial charge in [0.2, 0.25) is 5.91 Å². The van der Waals surface area contributed by atoms with Crippen molar-refractivity contribution in [2.45, 2.75) is 75.8 Å². The van der Waals surface area contributed by atoms with E-state index in [-0.39, 0.29) is 22.9 Å². The molecule has 6 heteroatoms. The number of nitrogens with zero attached hydrogens (tertiary/aromatic N) is 2. The molecule has 2 aromatic heterocycles. The number of pyridine rings is 1. The summed E-state index contributed by atoms with van der Waals surface area (Å²) >= 11 is 0. The normalized spacial score (nSPS) is 34.0. The van der Waals surface area contributed by atoms with Crippen molar-refractivity contribution < 1.29 is 13.9 Å². The fraction of sp³-hybridized carbons (Fsp3) is 0.652. The second-order valence-electron chi connectivity index (χ2n) is 10.4. The van der Waals surface area contributed by atoms with Crippen LogP contribution in [0.5, 0.6) is 5.75 Å². The quantitative estimate of drug-likeness (QED) is 0.836. The maximum absolute atomic E-state index is 15.0. The first kappa shape index (κ1) is 17.7. The second-order valence-corrected chi connectivity index (χ2v) is 10.4. The molecule has 5 fully saturated rings. The van der Waals surface area contributed by atoms with Crippen LogP contribution in [0.4, 0.5) is 4.39 Å². The third kappa shape index (κ3) is 2.50. The van der Waals surface area contributed by atoms with Gasteiger partial charge < -0.3 is 14.6 Å². The topological polar surface area (TPSA) is 58.2 Å². The van der Waals surface area contributed by atoms with Crippen molar-refractivity contribution in [3.8, 4) is 5.75 Å². The minimum absolute atomic E-state index is 0.151. The summed E-state index contributed by atoms with van der Waals surface area (Å²) in [6.45, 7) is 2.41. The number of rotatable bonds is 4. The smallest absolute Gasteiger partial charge is 0.223 e. The van der Waals surface area contributed by atoms with Gasteiger partial charge in [-0.2, -0.15) is 0 Å². The summed E-state index contributed by atoms with van der Waals surface area (Å²) in [4.78, 5) is 23.2. The number of piperidine rings is 2. The molecule has 2 aliphatic heterocycles. The highest BCUT2D eigenvalue weighted by atomic mass is 19.1. The zero-order valence-electron chi connectivity index (χ0n) is 17.1. The molecule has 3 aliphatic carbocycles. The Morgan fingerprint density at radius 3 is 2.66 bits per heavy atom. The van der Waals surface area contributed by atoms with Crippen molar-refractivity contribution in [3.05, 3.63) is 23.8 Å². The van der Waals surface area contributed by atoms with Crippen molar-refractivity contribution in [2.24, 2.45) is 11.3 Å². The molecule has 5 nitrogen and oxygen atoms in total. The molecule has 4 bridgehead atoms. The lowest BCUT2D eigenvalue weighted by Gasteiger charge is -2.61. The first-order valence-electron chi connectivity index (χ1n) is 10.9. The lowest BCUT2D eigenvalue weighted by Crippen LogP contribution is -2.62. The molecule has 3 saturated carbocycles. The van der Waals surface area contributed by atoms with Gasteiger partial charge in [-0.1, -0.05) is 6.92 Å². The summed E-state index contributed by atoms with van der Waals surface area (Å²) in [5.41, 5.74) is 1.59. The number of methoxy groups -OCH3 is 1. The lowest BCUT2D eigenvalue weighted by atomic mass is 9.56. The van der Waals surface area contributed by atoms with E-state index in [0.717, 1.165) is 37.2 Å². The van der Waals surface area contributed by atoms with Gasteiger partial charge in [0.05, 0.1) is 18.7 Å². The van der Waals surface area contributed by atoms with Gasteiger partial charge in [-0.05, 0) is 61.8 Å². The monoisotopic (exact) mass is 397 g/mol. The fourth-order valence-electron chi connectivity index (χ4n) is 7.09. The molecule has 154 valence electrons. The van der Waals surface area contributed by atoms with E-state index in [4.69, 9.17) is 4.74 Å². The Morgan fingerprint density at radius 2 is 2.03 bits per heavy atom. The minimum atomic E-state index is -0.379. The van der Waals surface area contributed by atoms with Gasteiger partial charge in [-0.3, -0.25) is 4.79 Å². The number of amides is 1. The molecule has 0 aromatic carbocycles. The number of ether oxygens (including phenoxy) is 1. The Bertz CT molecular complexity index is 995. The van der Waals surface area contributed by atoms with E-state index in [1.54, 1.807) is 0 Å². The lowest BCUT2D eigenvalue weighted by molar-refractivity contribution is -0.156. The zero-order valence-corrected chi connectivity index (χ0v) is 17.1. The summed E-state index contributed by atoms with van der Waals surface area (Å²) in [6.07, 6.45) is 11.6. The van der Waals surface area contributed by atoms with Crippen LogP contribution in [0.1, 0.15) is 63.9 Å². The third-order valence-corrected chi connectivity index (χ3v) is 8.26. The van der Waals surface area contributed by atoms with Crippen molar-refractivity contribution in [3.63, 3.8) is 0 Å². The molecule has 29 heavy (non-hydrogen) atoms. The number of nitrogens with one attached hydrogen (secondary N) is 1. The first-order valence-corrected chi connectivity index (χ1v) is 10.9. The van der Waals surface area contributed by atoms with Gasteiger partial charge in [-0.15, -0.1) is 0 Å². The highest BCUT2D eigenvalue weighted by Gasteiger charge is 2.55. The van der Waals surface area contributed by atoms with Gasteiger partial charge in [0.25, 0.3) is 0 Å². The van der Waals surface area contributed by atoms with Crippen LogP contribution < -0.4 is 4.74 Å². The van der Waals surface area contributed by atoms with Crippen LogP contribution in [0.15, 0.2) is 12.4 Å². The molecule has 1 N–H and O–H groups in total. The standard InChI is InChI=1S/C23H28FN3O2/c1-22-7-13-5-14(8-22)27(15(6-13)9-22)18(28)10-23(3-4-23)16-11-25-21-19(16)20(24)17(29-2)12-26-21/h11-15H,3-10H2,1-2H3,(H,25,26). The molecule has 0 spiro atoms. The largest absolute Gasteiger partial charge is 0.492 e. The van der Waals surface area contributed by atoms with Crippen LogP contribution in [0, 0.1) is 17.2 Å². The number of H-pyrrole nitrogens is 1. The number of halogens is 1. The van der Waals surface area contributed by atoms with E-state index < -0.39 is 0 Å². The van der Waals surface area contributed by atoms with Crippen molar-refractivity contribution in [1.82, 2.24) is 14.9 Å². The molecule has 4 heterocycles. The SMILES string of the molecule is COc1cnc2[nH]cc(C3(CC(=O)N4C5CC6CC4CC(C)(C6)C5)CC3)c2c1F. The van der Waals surface area contributed by atoms with E-state index >= 15 is 4.39 Å². The van der Waals surface area contributed by atoms with E-state index in [1.807, 2.05) is 6.20 Å². The molecule has 1 amide bonds. The van der Waals surface area contributed by atoms with Gasteiger partial charge in [0.1, 0.15) is 5.65 Å². The summed E-state index contributed by atoms with van der Waals surface area (Å²) in [7, 11) is 1.45. The van der Waals surface area contributed by atoms with Gasteiger partial charge in [-0.25, -0.2) is 9.37 Å². The van der Waals surface area contributed by atoms with E-state index in [2.05, 4.69) is 21.8 Å². The molecule has 7 rings (SSSR count). The Balaban J connectivity index is 1.30. The van der Waals surface area contributed by atoms with Crippen LogP contribution in [0.25, 0.3) is 11.0 Å². The van der Waals surface area contributed by atoms with Gasteiger partial charge in [0, 0.05) is 30.1 Å². The van der Waals surface area contributed by atoms with E-state index in [9.17, 15) is 4.79 Å². The van der Waals surface area contributed by atoms with Crippen LogP contribution in [-0.4, -0.2) is 40.0 Å². The third-order valence-electron chi connectivity index (χ3n) is 8.26.